The molecule has 20 heavy (non-hydrogen) atoms. The van der Waals surface area contributed by atoms with E-state index < -0.39 is 16.0 Å². The number of nitrogens with one attached hydrogen (secondary N) is 2. The molecule has 0 aliphatic carbocycles. The van der Waals surface area contributed by atoms with Crippen LogP contribution in [-0.4, -0.2) is 39.5 Å². The zero-order chi connectivity index (χ0) is 15.1. The molecular formula is C10H13N5O4S. The van der Waals surface area contributed by atoms with E-state index in [9.17, 15) is 13.2 Å². The molecular weight excluding hydrogens is 286 g/mol. The molecule has 0 atom stereocenters. The van der Waals surface area contributed by atoms with E-state index in [1.54, 1.807) is 13.8 Å². The minimum atomic E-state index is -3.95. The largest absolute Gasteiger partial charge is 0.477 e. The molecule has 0 unspecified atom stereocenters. The Morgan fingerprint density at radius 2 is 2.10 bits per heavy atom. The summed E-state index contributed by atoms with van der Waals surface area (Å²) in [5, 5.41) is 19.1. The molecule has 0 aromatic carbocycles. The highest BCUT2D eigenvalue weighted by atomic mass is 32.2. The standard InChI is InChI=1S/C10H13N5O4S/c1-5-8(6(2)13-12-5)20(18,19)14-9-7(10(16)17)4-11-15(9)3/h4,14H,1-3H3,(H,12,13)(H,16,17). The van der Waals surface area contributed by atoms with Gasteiger partial charge in [0.25, 0.3) is 10.0 Å². The van der Waals surface area contributed by atoms with Gasteiger partial charge >= 0.3 is 5.97 Å². The van der Waals surface area contributed by atoms with Crippen molar-refractivity contribution in [3.63, 3.8) is 0 Å². The highest BCUT2D eigenvalue weighted by Gasteiger charge is 2.26. The molecule has 0 radical (unpaired) electrons. The lowest BCUT2D eigenvalue weighted by atomic mass is 10.3. The summed E-state index contributed by atoms with van der Waals surface area (Å²) in [6.45, 7) is 3.11. The number of carboxylic acid groups (broad SMARTS) is 1. The van der Waals surface area contributed by atoms with Gasteiger partial charge in [0, 0.05) is 7.05 Å². The summed E-state index contributed by atoms with van der Waals surface area (Å²) in [5.74, 6) is -1.38. The minimum absolute atomic E-state index is 0.00459. The number of rotatable bonds is 4. The second-order valence-corrected chi connectivity index (χ2v) is 5.82. The molecule has 0 saturated carbocycles. The molecule has 3 N–H and O–H groups in total. The number of carboxylic acids is 1. The molecule has 108 valence electrons. The summed E-state index contributed by atoms with van der Waals surface area (Å²) < 4.78 is 28.0. The molecule has 0 fully saturated rings. The predicted molar refractivity (Wildman–Crippen MR) is 69.0 cm³/mol. The Hall–Kier alpha value is -2.36. The number of sulfonamides is 1. The smallest absolute Gasteiger partial charge is 0.341 e. The fraction of sp³-hybridized carbons (Fsp3) is 0.300. The van der Waals surface area contributed by atoms with Crippen molar-refractivity contribution < 1.29 is 18.3 Å². The maximum atomic E-state index is 12.3. The van der Waals surface area contributed by atoms with E-state index in [1.165, 1.54) is 7.05 Å². The lowest BCUT2D eigenvalue weighted by Crippen LogP contribution is -2.18. The van der Waals surface area contributed by atoms with E-state index in [2.05, 4.69) is 20.0 Å². The summed E-state index contributed by atoms with van der Waals surface area (Å²) in [5.41, 5.74) is 0.443. The Labute approximate surface area is 114 Å². The number of aromatic carboxylic acids is 1. The van der Waals surface area contributed by atoms with E-state index in [0.29, 0.717) is 11.4 Å². The Balaban J connectivity index is 2.50. The third-order valence-electron chi connectivity index (χ3n) is 2.73. The second-order valence-electron chi connectivity index (χ2n) is 4.20. The second kappa shape index (κ2) is 4.63. The van der Waals surface area contributed by atoms with E-state index in [1.807, 2.05) is 0 Å². The van der Waals surface area contributed by atoms with Gasteiger partial charge in [0.15, 0.2) is 5.82 Å². The van der Waals surface area contributed by atoms with Crippen molar-refractivity contribution in [2.75, 3.05) is 4.72 Å². The number of aromatic amines is 1. The van der Waals surface area contributed by atoms with Crippen molar-refractivity contribution in [3.05, 3.63) is 23.1 Å². The number of carbonyl (C=O) groups is 1. The van der Waals surface area contributed by atoms with E-state index in [4.69, 9.17) is 5.11 Å². The van der Waals surface area contributed by atoms with Crippen LogP contribution < -0.4 is 4.72 Å². The number of nitrogens with zero attached hydrogens (tertiary/aromatic N) is 3. The maximum Gasteiger partial charge on any atom is 0.341 e. The molecule has 9 nitrogen and oxygen atoms in total. The molecule has 2 heterocycles. The number of hydrogen-bond acceptors (Lipinski definition) is 5. The van der Waals surface area contributed by atoms with Crippen LogP contribution in [0, 0.1) is 13.8 Å². The third kappa shape index (κ3) is 2.25. The van der Waals surface area contributed by atoms with Gasteiger partial charge in [-0.05, 0) is 13.8 Å². The van der Waals surface area contributed by atoms with Gasteiger partial charge in [-0.25, -0.2) is 13.2 Å². The fourth-order valence-corrected chi connectivity index (χ4v) is 3.31. The molecule has 0 aliphatic rings. The average molecular weight is 299 g/mol. The van der Waals surface area contributed by atoms with Crippen LogP contribution >= 0.6 is 0 Å². The zero-order valence-electron chi connectivity index (χ0n) is 11.0. The quantitative estimate of drug-likeness (QED) is 0.742. The molecule has 0 bridgehead atoms. The Bertz CT molecular complexity index is 754. The monoisotopic (exact) mass is 299 g/mol. The van der Waals surface area contributed by atoms with Gasteiger partial charge in [-0.3, -0.25) is 14.5 Å². The number of H-pyrrole nitrogens is 1. The van der Waals surface area contributed by atoms with Crippen LogP contribution in [0.15, 0.2) is 11.1 Å². The van der Waals surface area contributed by atoms with Crippen molar-refractivity contribution in [3.8, 4) is 0 Å². The summed E-state index contributed by atoms with van der Waals surface area (Å²) in [7, 11) is -2.50. The van der Waals surface area contributed by atoms with Gasteiger partial charge in [0.05, 0.1) is 17.6 Å². The molecule has 0 amide bonds. The first-order valence-corrected chi connectivity index (χ1v) is 7.02. The Kier molecular flexibility index (Phi) is 3.26. The molecule has 0 aliphatic heterocycles. The minimum Gasteiger partial charge on any atom is -0.477 e. The summed E-state index contributed by atoms with van der Waals surface area (Å²) in [6, 6.07) is 0. The lowest BCUT2D eigenvalue weighted by molar-refractivity contribution is 0.0698. The fourth-order valence-electron chi connectivity index (χ4n) is 1.83. The Morgan fingerprint density at radius 3 is 2.60 bits per heavy atom. The van der Waals surface area contributed by atoms with Gasteiger partial charge in [0.1, 0.15) is 10.5 Å². The summed E-state index contributed by atoms with van der Waals surface area (Å²) in [4.78, 5) is 11.0. The van der Waals surface area contributed by atoms with Gasteiger partial charge in [-0.1, -0.05) is 0 Å². The summed E-state index contributed by atoms with van der Waals surface area (Å²) in [6.07, 6.45) is 1.08. The highest BCUT2D eigenvalue weighted by Crippen LogP contribution is 2.22. The zero-order valence-corrected chi connectivity index (χ0v) is 11.8. The first-order chi connectivity index (χ1) is 9.24. The Morgan fingerprint density at radius 1 is 1.45 bits per heavy atom. The lowest BCUT2D eigenvalue weighted by Gasteiger charge is -2.09. The van der Waals surface area contributed by atoms with Crippen molar-refractivity contribution in [1.29, 1.82) is 0 Å². The topological polar surface area (TPSA) is 130 Å². The molecule has 2 aromatic heterocycles. The molecule has 0 spiro atoms. The first-order valence-electron chi connectivity index (χ1n) is 5.53. The van der Waals surface area contributed by atoms with Gasteiger partial charge < -0.3 is 5.11 Å². The molecule has 10 heteroatoms. The third-order valence-corrected chi connectivity index (χ3v) is 4.33. The molecule has 0 saturated heterocycles. The first kappa shape index (κ1) is 14.1. The number of aryl methyl sites for hydroxylation is 3. The molecule has 2 rings (SSSR count). The van der Waals surface area contributed by atoms with Crippen LogP contribution in [0.4, 0.5) is 5.82 Å². The normalized spacial score (nSPS) is 11.6. The number of hydrogen-bond donors (Lipinski definition) is 3. The highest BCUT2D eigenvalue weighted by molar-refractivity contribution is 7.92. The van der Waals surface area contributed by atoms with E-state index in [0.717, 1.165) is 10.9 Å². The average Bonchev–Trinajstić information content (AvgIpc) is 2.84. The van der Waals surface area contributed by atoms with Crippen molar-refractivity contribution >= 4 is 21.8 Å². The SMILES string of the molecule is Cc1n[nH]c(C)c1S(=O)(=O)Nc1c(C(=O)O)cnn1C. The van der Waals surface area contributed by atoms with Crippen LogP contribution in [-0.2, 0) is 17.1 Å². The summed E-state index contributed by atoms with van der Waals surface area (Å²) >= 11 is 0. The van der Waals surface area contributed by atoms with E-state index in [-0.39, 0.29) is 16.3 Å². The van der Waals surface area contributed by atoms with Gasteiger partial charge in [0.2, 0.25) is 0 Å². The molecule has 2 aromatic rings. The predicted octanol–water partition coefficient (Wildman–Crippen LogP) is 0.259. The van der Waals surface area contributed by atoms with Crippen LogP contribution in [0.1, 0.15) is 21.7 Å². The van der Waals surface area contributed by atoms with Crippen LogP contribution in [0.2, 0.25) is 0 Å². The van der Waals surface area contributed by atoms with Crippen LogP contribution in [0.25, 0.3) is 0 Å². The van der Waals surface area contributed by atoms with Gasteiger partial charge in [-0.15, -0.1) is 0 Å². The van der Waals surface area contributed by atoms with Crippen LogP contribution in [0.5, 0.6) is 0 Å². The van der Waals surface area contributed by atoms with Crippen molar-refractivity contribution in [1.82, 2.24) is 20.0 Å². The van der Waals surface area contributed by atoms with Crippen molar-refractivity contribution in [2.45, 2.75) is 18.7 Å². The van der Waals surface area contributed by atoms with E-state index >= 15 is 0 Å². The van der Waals surface area contributed by atoms with Crippen molar-refractivity contribution in [2.24, 2.45) is 7.05 Å². The van der Waals surface area contributed by atoms with Crippen LogP contribution in [0.3, 0.4) is 0 Å². The number of aromatic nitrogens is 4. The maximum absolute atomic E-state index is 12.3. The van der Waals surface area contributed by atoms with Gasteiger partial charge in [-0.2, -0.15) is 10.2 Å². The number of anilines is 1.